The maximum atomic E-state index is 12.1. The van der Waals surface area contributed by atoms with Gasteiger partial charge in [-0.2, -0.15) is 0 Å². The molecule has 0 spiro atoms. The van der Waals surface area contributed by atoms with Gasteiger partial charge in [-0.3, -0.25) is 14.7 Å². The van der Waals surface area contributed by atoms with E-state index in [0.29, 0.717) is 18.8 Å². The van der Waals surface area contributed by atoms with Crippen LogP contribution in [0.15, 0.2) is 29.3 Å². The Bertz CT molecular complexity index is 786. The first-order valence-corrected chi connectivity index (χ1v) is 11.6. The SMILES string of the molecule is CCCCNC(=O)CN1CCN(C(=NCC2CCCO2)Nc2cccc(C(=O)O)c2)CC1. The summed E-state index contributed by atoms with van der Waals surface area (Å²) >= 11 is 0. The van der Waals surface area contributed by atoms with E-state index in [0.717, 1.165) is 71.0 Å². The minimum atomic E-state index is -0.961. The largest absolute Gasteiger partial charge is 0.478 e. The summed E-state index contributed by atoms with van der Waals surface area (Å²) in [4.78, 5) is 32.5. The average Bonchev–Trinajstić information content (AvgIpc) is 3.31. The van der Waals surface area contributed by atoms with E-state index in [9.17, 15) is 14.7 Å². The van der Waals surface area contributed by atoms with Crippen LogP contribution in [0.1, 0.15) is 43.0 Å². The molecule has 0 aromatic heterocycles. The Morgan fingerprint density at radius 2 is 2.06 bits per heavy atom. The molecule has 32 heavy (non-hydrogen) atoms. The number of amides is 1. The second kappa shape index (κ2) is 12.4. The van der Waals surface area contributed by atoms with E-state index in [1.54, 1.807) is 18.2 Å². The highest BCUT2D eigenvalue weighted by molar-refractivity contribution is 5.96. The van der Waals surface area contributed by atoms with Gasteiger partial charge in [0.15, 0.2) is 5.96 Å². The summed E-state index contributed by atoms with van der Waals surface area (Å²) in [5.74, 6) is -0.171. The number of benzene rings is 1. The van der Waals surface area contributed by atoms with Gasteiger partial charge in [0, 0.05) is 45.0 Å². The lowest BCUT2D eigenvalue weighted by Crippen LogP contribution is -2.52. The van der Waals surface area contributed by atoms with E-state index in [1.165, 1.54) is 0 Å². The van der Waals surface area contributed by atoms with E-state index >= 15 is 0 Å². The van der Waals surface area contributed by atoms with Crippen molar-refractivity contribution >= 4 is 23.5 Å². The number of aliphatic imine (C=N–C) groups is 1. The van der Waals surface area contributed by atoms with Gasteiger partial charge in [0.05, 0.1) is 24.8 Å². The molecule has 2 heterocycles. The van der Waals surface area contributed by atoms with Crippen LogP contribution in [0.2, 0.25) is 0 Å². The average molecular weight is 446 g/mol. The van der Waals surface area contributed by atoms with Crippen LogP contribution in [0.4, 0.5) is 5.69 Å². The Balaban J connectivity index is 1.60. The predicted octanol–water partition coefficient (Wildman–Crippen LogP) is 1.87. The van der Waals surface area contributed by atoms with E-state index in [2.05, 4.69) is 27.4 Å². The minimum Gasteiger partial charge on any atom is -0.478 e. The second-order valence-electron chi connectivity index (χ2n) is 8.28. The Morgan fingerprint density at radius 3 is 2.75 bits per heavy atom. The molecule has 1 amide bonds. The first kappa shape index (κ1) is 24.0. The van der Waals surface area contributed by atoms with Gasteiger partial charge in [-0.25, -0.2) is 4.79 Å². The van der Waals surface area contributed by atoms with Gasteiger partial charge in [-0.15, -0.1) is 0 Å². The fourth-order valence-corrected chi connectivity index (χ4v) is 3.84. The number of hydrogen-bond donors (Lipinski definition) is 3. The topological polar surface area (TPSA) is 107 Å². The van der Waals surface area contributed by atoms with Crippen molar-refractivity contribution in [1.29, 1.82) is 0 Å². The first-order chi connectivity index (χ1) is 15.5. The van der Waals surface area contributed by atoms with Crippen molar-refractivity contribution < 1.29 is 19.4 Å². The van der Waals surface area contributed by atoms with Gasteiger partial charge >= 0.3 is 5.97 Å². The molecule has 176 valence electrons. The summed E-state index contributed by atoms with van der Waals surface area (Å²) in [6, 6.07) is 6.74. The van der Waals surface area contributed by atoms with Gasteiger partial charge in [-0.1, -0.05) is 19.4 Å². The molecule has 2 fully saturated rings. The quantitative estimate of drug-likeness (QED) is 0.303. The smallest absolute Gasteiger partial charge is 0.335 e. The molecule has 1 aromatic carbocycles. The summed E-state index contributed by atoms with van der Waals surface area (Å²) in [5, 5.41) is 15.6. The van der Waals surface area contributed by atoms with Crippen molar-refractivity contribution in [3.8, 4) is 0 Å². The van der Waals surface area contributed by atoms with Crippen molar-refractivity contribution in [1.82, 2.24) is 15.1 Å². The van der Waals surface area contributed by atoms with Crippen LogP contribution in [0.5, 0.6) is 0 Å². The highest BCUT2D eigenvalue weighted by atomic mass is 16.5. The molecule has 0 bridgehead atoms. The molecule has 0 saturated carbocycles. The number of unbranched alkanes of at least 4 members (excludes halogenated alkanes) is 1. The molecular weight excluding hydrogens is 410 g/mol. The standard InChI is InChI=1S/C23H35N5O4/c1-2-3-9-24-21(29)17-27-10-12-28(13-11-27)23(25-16-20-8-5-14-32-20)26-19-7-4-6-18(15-19)22(30)31/h4,6-7,15,20H,2-3,5,8-14,16-17H2,1H3,(H,24,29)(H,25,26)(H,30,31). The number of anilines is 1. The third-order valence-electron chi connectivity index (χ3n) is 5.73. The van der Waals surface area contributed by atoms with E-state index in [-0.39, 0.29) is 17.6 Å². The third kappa shape index (κ3) is 7.49. The lowest BCUT2D eigenvalue weighted by atomic mass is 10.2. The molecule has 3 rings (SSSR count). The van der Waals surface area contributed by atoms with Crippen LogP contribution in [0.25, 0.3) is 0 Å². The Hall–Kier alpha value is -2.65. The van der Waals surface area contributed by atoms with Gasteiger partial charge in [0.25, 0.3) is 0 Å². The summed E-state index contributed by atoms with van der Waals surface area (Å²) in [6.07, 6.45) is 4.26. The number of carbonyl (C=O) groups excluding carboxylic acids is 1. The van der Waals surface area contributed by atoms with Gasteiger partial charge in [0.2, 0.25) is 5.91 Å². The zero-order chi connectivity index (χ0) is 22.8. The Morgan fingerprint density at radius 1 is 1.25 bits per heavy atom. The molecule has 2 aliphatic rings. The normalized spacial score (nSPS) is 19.7. The molecular formula is C23H35N5O4. The number of rotatable bonds is 9. The molecule has 9 nitrogen and oxygen atoms in total. The summed E-state index contributed by atoms with van der Waals surface area (Å²) < 4.78 is 5.71. The first-order valence-electron chi connectivity index (χ1n) is 11.6. The number of carboxylic acids is 1. The van der Waals surface area contributed by atoms with Gasteiger partial charge in [-0.05, 0) is 37.5 Å². The van der Waals surface area contributed by atoms with Crippen molar-refractivity contribution in [3.63, 3.8) is 0 Å². The molecule has 1 aromatic rings. The molecule has 1 unspecified atom stereocenters. The van der Waals surface area contributed by atoms with Crippen molar-refractivity contribution in [3.05, 3.63) is 29.8 Å². The van der Waals surface area contributed by atoms with Crippen LogP contribution in [-0.4, -0.2) is 91.3 Å². The van der Waals surface area contributed by atoms with E-state index < -0.39 is 5.97 Å². The summed E-state index contributed by atoms with van der Waals surface area (Å²) in [5.41, 5.74) is 0.918. The van der Waals surface area contributed by atoms with Crippen LogP contribution in [-0.2, 0) is 9.53 Å². The molecule has 1 atom stereocenters. The number of carbonyl (C=O) groups is 2. The number of piperazine rings is 1. The molecule has 2 aliphatic heterocycles. The summed E-state index contributed by atoms with van der Waals surface area (Å²) in [7, 11) is 0. The van der Waals surface area contributed by atoms with Gasteiger partial charge in [0.1, 0.15) is 0 Å². The molecule has 2 saturated heterocycles. The fraction of sp³-hybridized carbons (Fsp3) is 0.609. The molecule has 0 radical (unpaired) electrons. The number of carboxylic acid groups (broad SMARTS) is 1. The van der Waals surface area contributed by atoms with E-state index in [4.69, 9.17) is 9.73 Å². The number of nitrogens with one attached hydrogen (secondary N) is 2. The van der Waals surface area contributed by atoms with E-state index in [1.807, 2.05) is 6.07 Å². The zero-order valence-corrected chi connectivity index (χ0v) is 18.9. The highest BCUT2D eigenvalue weighted by Gasteiger charge is 2.23. The van der Waals surface area contributed by atoms with Crippen LogP contribution >= 0.6 is 0 Å². The number of hydrogen-bond acceptors (Lipinski definition) is 5. The van der Waals surface area contributed by atoms with Crippen molar-refractivity contribution in [2.45, 2.75) is 38.7 Å². The Labute approximate surface area is 189 Å². The maximum Gasteiger partial charge on any atom is 0.335 e. The molecule has 0 aliphatic carbocycles. The maximum absolute atomic E-state index is 12.1. The third-order valence-corrected chi connectivity index (χ3v) is 5.73. The van der Waals surface area contributed by atoms with Crippen LogP contribution < -0.4 is 10.6 Å². The van der Waals surface area contributed by atoms with Crippen LogP contribution in [0, 0.1) is 0 Å². The number of ether oxygens (including phenoxy) is 1. The molecule has 9 heteroatoms. The number of aromatic carboxylic acids is 1. The zero-order valence-electron chi connectivity index (χ0n) is 18.9. The van der Waals surface area contributed by atoms with Crippen molar-refractivity contribution in [2.75, 3.05) is 57.7 Å². The molecule has 3 N–H and O–H groups in total. The predicted molar refractivity (Wildman–Crippen MR) is 124 cm³/mol. The second-order valence-corrected chi connectivity index (χ2v) is 8.28. The van der Waals surface area contributed by atoms with Crippen molar-refractivity contribution in [2.24, 2.45) is 4.99 Å². The minimum absolute atomic E-state index is 0.0720. The number of guanidine groups is 1. The Kier molecular flexibility index (Phi) is 9.30. The van der Waals surface area contributed by atoms with Crippen LogP contribution in [0.3, 0.4) is 0 Å². The lowest BCUT2D eigenvalue weighted by molar-refractivity contribution is -0.122. The lowest BCUT2D eigenvalue weighted by Gasteiger charge is -2.36. The summed E-state index contributed by atoms with van der Waals surface area (Å²) in [6.45, 7) is 7.59. The monoisotopic (exact) mass is 445 g/mol. The highest BCUT2D eigenvalue weighted by Crippen LogP contribution is 2.15. The fourth-order valence-electron chi connectivity index (χ4n) is 3.84. The number of nitrogens with zero attached hydrogens (tertiary/aromatic N) is 3. The van der Waals surface area contributed by atoms with Gasteiger partial charge < -0.3 is 25.4 Å².